The fourth-order valence-corrected chi connectivity index (χ4v) is 4.35. The van der Waals surface area contributed by atoms with Crippen LogP contribution in [0.1, 0.15) is 22.9 Å². The van der Waals surface area contributed by atoms with Gasteiger partial charge in [-0.15, -0.1) is 0 Å². The number of aliphatic hydroxyl groups is 1. The van der Waals surface area contributed by atoms with Crippen LogP contribution in [0, 0.1) is 6.92 Å². The van der Waals surface area contributed by atoms with Crippen molar-refractivity contribution in [1.82, 2.24) is 4.98 Å². The van der Waals surface area contributed by atoms with E-state index in [4.69, 9.17) is 27.9 Å². The lowest BCUT2D eigenvalue weighted by Crippen LogP contribution is -2.29. The Morgan fingerprint density at radius 2 is 1.88 bits per heavy atom. The molecule has 3 aromatic rings. The molecule has 8 heteroatoms. The minimum Gasteiger partial charge on any atom is -0.507 e. The standard InChI is InChI=1S/C24H18Cl2N2O4/c1-13-6-5-7-15(10-13)28-20(18-8-3-4-9-27-18)19(22(30)24(28)31)21(29)16-11-14(25)12-17(26)23(16)32-2/h3-12,20,29H,1-2H3/b21-19+. The molecule has 1 amide bonds. The van der Waals surface area contributed by atoms with Crippen LogP contribution in [-0.4, -0.2) is 28.9 Å². The molecule has 0 saturated carbocycles. The van der Waals surface area contributed by atoms with E-state index < -0.39 is 23.5 Å². The zero-order chi connectivity index (χ0) is 23.0. The fourth-order valence-electron chi connectivity index (χ4n) is 3.78. The van der Waals surface area contributed by atoms with Crippen molar-refractivity contribution in [3.63, 3.8) is 0 Å². The first-order valence-corrected chi connectivity index (χ1v) is 10.4. The molecule has 4 rings (SSSR count). The number of methoxy groups -OCH3 is 1. The van der Waals surface area contributed by atoms with Gasteiger partial charge in [0.2, 0.25) is 0 Å². The largest absolute Gasteiger partial charge is 0.507 e. The van der Waals surface area contributed by atoms with Gasteiger partial charge in [-0.2, -0.15) is 0 Å². The summed E-state index contributed by atoms with van der Waals surface area (Å²) in [6.07, 6.45) is 1.56. The van der Waals surface area contributed by atoms with E-state index in [2.05, 4.69) is 4.98 Å². The first-order chi connectivity index (χ1) is 15.3. The second-order valence-corrected chi connectivity index (χ2v) is 8.07. The molecule has 1 aliphatic heterocycles. The van der Waals surface area contributed by atoms with Crippen molar-refractivity contribution in [2.45, 2.75) is 13.0 Å². The Balaban J connectivity index is 2.01. The van der Waals surface area contributed by atoms with E-state index in [9.17, 15) is 14.7 Å². The Morgan fingerprint density at radius 1 is 1.09 bits per heavy atom. The molecule has 0 aliphatic carbocycles. The first kappa shape index (κ1) is 21.9. The van der Waals surface area contributed by atoms with Gasteiger partial charge < -0.3 is 9.84 Å². The topological polar surface area (TPSA) is 79.7 Å². The van der Waals surface area contributed by atoms with Crippen LogP contribution in [0.15, 0.2) is 66.4 Å². The van der Waals surface area contributed by atoms with Crippen LogP contribution < -0.4 is 9.64 Å². The predicted molar refractivity (Wildman–Crippen MR) is 123 cm³/mol. The molecule has 0 radical (unpaired) electrons. The second kappa shape index (κ2) is 8.65. The van der Waals surface area contributed by atoms with Gasteiger partial charge >= 0.3 is 0 Å². The summed E-state index contributed by atoms with van der Waals surface area (Å²) >= 11 is 12.4. The molecule has 1 saturated heterocycles. The van der Waals surface area contributed by atoms with Gasteiger partial charge in [-0.05, 0) is 48.9 Å². The third kappa shape index (κ3) is 3.72. The summed E-state index contributed by atoms with van der Waals surface area (Å²) in [5, 5.41) is 11.7. The minimum absolute atomic E-state index is 0.105. The van der Waals surface area contributed by atoms with Crippen LogP contribution >= 0.6 is 23.2 Å². The van der Waals surface area contributed by atoms with Gasteiger partial charge in [-0.25, -0.2) is 0 Å². The molecule has 1 aromatic heterocycles. The highest BCUT2D eigenvalue weighted by molar-refractivity contribution is 6.51. The number of carbonyl (C=O) groups excluding carboxylic acids is 2. The Hall–Kier alpha value is -3.35. The number of halogens is 2. The van der Waals surface area contributed by atoms with Crippen LogP contribution in [0.25, 0.3) is 5.76 Å². The lowest BCUT2D eigenvalue weighted by atomic mass is 9.97. The lowest BCUT2D eigenvalue weighted by Gasteiger charge is -2.25. The summed E-state index contributed by atoms with van der Waals surface area (Å²) in [4.78, 5) is 32.0. The number of carbonyl (C=O) groups is 2. The molecule has 6 nitrogen and oxygen atoms in total. The number of Topliss-reactive ketones (excluding diaryl/α,β-unsaturated/α-hetero) is 1. The maximum Gasteiger partial charge on any atom is 0.300 e. The summed E-state index contributed by atoms with van der Waals surface area (Å²) in [6.45, 7) is 1.88. The molecule has 162 valence electrons. The molecule has 32 heavy (non-hydrogen) atoms. The summed E-state index contributed by atoms with van der Waals surface area (Å²) in [7, 11) is 1.38. The molecule has 1 atom stereocenters. The maximum absolute atomic E-state index is 13.2. The molecule has 1 N–H and O–H groups in total. The van der Waals surface area contributed by atoms with E-state index in [1.165, 1.54) is 24.1 Å². The van der Waals surface area contributed by atoms with Crippen molar-refractivity contribution < 1.29 is 19.4 Å². The number of rotatable bonds is 4. The molecule has 0 spiro atoms. The molecular formula is C24H18Cl2N2O4. The van der Waals surface area contributed by atoms with Crippen molar-refractivity contribution in [2.24, 2.45) is 0 Å². The van der Waals surface area contributed by atoms with Crippen molar-refractivity contribution in [3.8, 4) is 5.75 Å². The smallest absolute Gasteiger partial charge is 0.300 e. The number of hydrogen-bond acceptors (Lipinski definition) is 5. The normalized spacial score (nSPS) is 17.6. The molecule has 0 bridgehead atoms. The van der Waals surface area contributed by atoms with Crippen molar-refractivity contribution >= 4 is 46.3 Å². The number of ketones is 1. The first-order valence-electron chi connectivity index (χ1n) is 9.65. The third-order valence-electron chi connectivity index (χ3n) is 5.16. The molecule has 2 aromatic carbocycles. The molecule has 1 fully saturated rings. The monoisotopic (exact) mass is 468 g/mol. The summed E-state index contributed by atoms with van der Waals surface area (Å²) in [6, 6.07) is 14.3. The average molecular weight is 469 g/mol. The average Bonchev–Trinajstić information content (AvgIpc) is 3.04. The number of pyridine rings is 1. The van der Waals surface area contributed by atoms with Crippen molar-refractivity contribution in [1.29, 1.82) is 0 Å². The van der Waals surface area contributed by atoms with Gasteiger partial charge in [0.15, 0.2) is 0 Å². The summed E-state index contributed by atoms with van der Waals surface area (Å²) in [5.41, 5.74) is 1.81. The zero-order valence-electron chi connectivity index (χ0n) is 17.2. The fraction of sp³-hybridized carbons (Fsp3) is 0.125. The summed E-state index contributed by atoms with van der Waals surface area (Å²) < 4.78 is 5.33. The van der Waals surface area contributed by atoms with Gasteiger partial charge in [0.1, 0.15) is 17.6 Å². The third-order valence-corrected chi connectivity index (χ3v) is 5.66. The Kier molecular flexibility index (Phi) is 5.91. The van der Waals surface area contributed by atoms with E-state index in [0.29, 0.717) is 11.4 Å². The number of aromatic nitrogens is 1. The predicted octanol–water partition coefficient (Wildman–Crippen LogP) is 5.33. The number of nitrogens with zero attached hydrogens (tertiary/aromatic N) is 2. The molecular weight excluding hydrogens is 451 g/mol. The second-order valence-electron chi connectivity index (χ2n) is 7.23. The molecule has 2 heterocycles. The summed E-state index contributed by atoms with van der Waals surface area (Å²) in [5.74, 6) is -1.94. The Bertz CT molecular complexity index is 1260. The number of ether oxygens (including phenoxy) is 1. The SMILES string of the molecule is COc1c(Cl)cc(Cl)cc1/C(O)=C1\C(=O)C(=O)N(c2cccc(C)c2)C1c1ccccn1. The van der Waals surface area contributed by atoms with E-state index in [1.807, 2.05) is 13.0 Å². The van der Waals surface area contributed by atoms with Crippen molar-refractivity contribution in [3.05, 3.63) is 93.2 Å². The van der Waals surface area contributed by atoms with Gasteiger partial charge in [0, 0.05) is 16.9 Å². The van der Waals surface area contributed by atoms with Crippen LogP contribution in [0.5, 0.6) is 5.75 Å². The van der Waals surface area contributed by atoms with Gasteiger partial charge in [0.25, 0.3) is 11.7 Å². The van der Waals surface area contributed by atoms with E-state index >= 15 is 0 Å². The van der Waals surface area contributed by atoms with Crippen LogP contribution in [-0.2, 0) is 9.59 Å². The van der Waals surface area contributed by atoms with Crippen LogP contribution in [0.2, 0.25) is 10.0 Å². The maximum atomic E-state index is 13.2. The number of benzene rings is 2. The van der Waals surface area contributed by atoms with E-state index in [0.717, 1.165) is 5.56 Å². The minimum atomic E-state index is -0.958. The number of hydrogen-bond donors (Lipinski definition) is 1. The van der Waals surface area contributed by atoms with Gasteiger partial charge in [0.05, 0.1) is 29.0 Å². The van der Waals surface area contributed by atoms with Crippen molar-refractivity contribution in [2.75, 3.05) is 12.0 Å². The Labute approximate surface area is 194 Å². The zero-order valence-corrected chi connectivity index (χ0v) is 18.7. The van der Waals surface area contributed by atoms with E-state index in [-0.39, 0.29) is 26.9 Å². The highest BCUT2D eigenvalue weighted by Gasteiger charge is 2.48. The van der Waals surface area contributed by atoms with Crippen LogP contribution in [0.4, 0.5) is 5.69 Å². The quantitative estimate of drug-likeness (QED) is 0.317. The number of aliphatic hydroxyl groups excluding tert-OH is 1. The number of amides is 1. The van der Waals surface area contributed by atoms with Crippen LogP contribution in [0.3, 0.4) is 0 Å². The van der Waals surface area contributed by atoms with Gasteiger partial charge in [-0.1, -0.05) is 41.4 Å². The molecule has 1 unspecified atom stereocenters. The highest BCUT2D eigenvalue weighted by Crippen LogP contribution is 2.44. The highest BCUT2D eigenvalue weighted by atomic mass is 35.5. The van der Waals surface area contributed by atoms with E-state index in [1.54, 1.807) is 42.6 Å². The Morgan fingerprint density at radius 3 is 2.53 bits per heavy atom. The number of aryl methyl sites for hydroxylation is 1. The lowest BCUT2D eigenvalue weighted by molar-refractivity contribution is -0.132. The number of anilines is 1. The van der Waals surface area contributed by atoms with Gasteiger partial charge in [-0.3, -0.25) is 19.5 Å². The molecule has 1 aliphatic rings.